The minimum absolute atomic E-state index is 0.0411. The van der Waals surface area contributed by atoms with Gasteiger partial charge in [-0.25, -0.2) is 4.98 Å². The highest BCUT2D eigenvalue weighted by Crippen LogP contribution is 2.36. The van der Waals surface area contributed by atoms with E-state index in [2.05, 4.69) is 9.97 Å². The van der Waals surface area contributed by atoms with Crippen LogP contribution in [0.2, 0.25) is 0 Å². The lowest BCUT2D eigenvalue weighted by Crippen LogP contribution is -2.22. The number of ether oxygens (including phenoxy) is 1. The van der Waals surface area contributed by atoms with Crippen LogP contribution in [-0.4, -0.2) is 21.6 Å². The Morgan fingerprint density at radius 3 is 2.46 bits per heavy atom. The maximum Gasteiger partial charge on any atom is 0.417 e. The van der Waals surface area contributed by atoms with Gasteiger partial charge in [-0.2, -0.15) is 13.2 Å². The third kappa shape index (κ3) is 3.54. The van der Waals surface area contributed by atoms with Crippen molar-refractivity contribution < 1.29 is 17.9 Å². The molecule has 2 aromatic heterocycles. The molecule has 28 heavy (non-hydrogen) atoms. The SMILES string of the molecule is CCC(C)n1c(=S)[nH]c(=O)c2c(C(F)(F)F)cc(-c3ccc(OC)cc3)nc21. The van der Waals surface area contributed by atoms with E-state index in [1.54, 1.807) is 24.3 Å². The lowest BCUT2D eigenvalue weighted by Gasteiger charge is -2.19. The van der Waals surface area contributed by atoms with Gasteiger partial charge in [-0.1, -0.05) is 6.92 Å². The Kier molecular flexibility index (Phi) is 5.29. The Morgan fingerprint density at radius 1 is 1.29 bits per heavy atom. The molecule has 2 heterocycles. The van der Waals surface area contributed by atoms with Crippen molar-refractivity contribution in [1.82, 2.24) is 14.5 Å². The molecule has 0 fully saturated rings. The molecule has 0 saturated heterocycles. The fraction of sp³-hybridized carbons (Fsp3) is 0.316. The van der Waals surface area contributed by atoms with Crippen molar-refractivity contribution in [3.8, 4) is 17.0 Å². The van der Waals surface area contributed by atoms with Gasteiger partial charge in [-0.15, -0.1) is 0 Å². The molecule has 3 rings (SSSR count). The third-order valence-electron chi connectivity index (χ3n) is 4.62. The number of pyridine rings is 1. The van der Waals surface area contributed by atoms with Crippen LogP contribution in [0.4, 0.5) is 13.2 Å². The summed E-state index contributed by atoms with van der Waals surface area (Å²) < 4.78 is 48.0. The van der Waals surface area contributed by atoms with Crippen molar-refractivity contribution >= 4 is 23.3 Å². The van der Waals surface area contributed by atoms with Gasteiger partial charge in [-0.05, 0) is 55.9 Å². The van der Waals surface area contributed by atoms with Crippen LogP contribution in [-0.2, 0) is 6.18 Å². The quantitative estimate of drug-likeness (QED) is 0.608. The molecule has 1 N–H and O–H groups in total. The summed E-state index contributed by atoms with van der Waals surface area (Å²) in [7, 11) is 1.50. The summed E-state index contributed by atoms with van der Waals surface area (Å²) in [6.45, 7) is 3.68. The van der Waals surface area contributed by atoms with E-state index in [1.807, 2.05) is 13.8 Å². The van der Waals surface area contributed by atoms with E-state index in [9.17, 15) is 18.0 Å². The standard InChI is InChI=1S/C19H18F3N3O2S/c1-4-10(2)25-16-15(17(26)24-18(25)28)13(19(20,21)22)9-14(23-16)11-5-7-12(27-3)8-6-11/h5-10H,4H2,1-3H3,(H,24,26,28). The number of benzene rings is 1. The minimum atomic E-state index is -4.73. The highest BCUT2D eigenvalue weighted by atomic mass is 32.1. The van der Waals surface area contributed by atoms with E-state index in [4.69, 9.17) is 17.0 Å². The summed E-state index contributed by atoms with van der Waals surface area (Å²) in [6.07, 6.45) is -4.13. The van der Waals surface area contributed by atoms with E-state index >= 15 is 0 Å². The van der Waals surface area contributed by atoms with E-state index < -0.39 is 22.7 Å². The lowest BCUT2D eigenvalue weighted by atomic mass is 10.1. The zero-order chi connectivity index (χ0) is 20.6. The van der Waals surface area contributed by atoms with Crippen LogP contribution in [0.5, 0.6) is 5.75 Å². The second-order valence-electron chi connectivity index (χ2n) is 6.37. The molecular formula is C19H18F3N3O2S. The Balaban J connectivity index is 2.45. The number of hydrogen-bond acceptors (Lipinski definition) is 4. The van der Waals surface area contributed by atoms with E-state index in [-0.39, 0.29) is 22.2 Å². The van der Waals surface area contributed by atoms with E-state index in [1.165, 1.54) is 11.7 Å². The van der Waals surface area contributed by atoms with E-state index in [0.29, 0.717) is 17.7 Å². The van der Waals surface area contributed by atoms with Crippen molar-refractivity contribution in [2.45, 2.75) is 32.5 Å². The molecule has 0 radical (unpaired) electrons. The number of hydrogen-bond donors (Lipinski definition) is 1. The number of nitrogens with zero attached hydrogens (tertiary/aromatic N) is 2. The van der Waals surface area contributed by atoms with Gasteiger partial charge in [0, 0.05) is 11.6 Å². The van der Waals surface area contributed by atoms with Gasteiger partial charge in [-0.3, -0.25) is 14.3 Å². The Morgan fingerprint density at radius 2 is 1.93 bits per heavy atom. The minimum Gasteiger partial charge on any atom is -0.497 e. The first kappa shape index (κ1) is 20.1. The summed E-state index contributed by atoms with van der Waals surface area (Å²) in [5.74, 6) is 0.569. The molecule has 0 amide bonds. The third-order valence-corrected chi connectivity index (χ3v) is 4.92. The molecular weight excluding hydrogens is 391 g/mol. The Hall–Kier alpha value is -2.68. The molecule has 5 nitrogen and oxygen atoms in total. The van der Waals surface area contributed by atoms with Crippen LogP contribution in [0, 0.1) is 4.77 Å². The molecule has 9 heteroatoms. The molecule has 1 atom stereocenters. The molecule has 1 aromatic carbocycles. The second-order valence-corrected chi connectivity index (χ2v) is 6.75. The number of nitrogens with one attached hydrogen (secondary N) is 1. The van der Waals surface area contributed by atoms with Crippen molar-refractivity contribution in [2.75, 3.05) is 7.11 Å². The molecule has 0 bridgehead atoms. The average molecular weight is 409 g/mol. The summed E-state index contributed by atoms with van der Waals surface area (Å²) in [4.78, 5) is 19.1. The molecule has 0 aliphatic carbocycles. The number of aromatic nitrogens is 3. The maximum atomic E-state index is 13.8. The molecule has 1 unspecified atom stereocenters. The number of methoxy groups -OCH3 is 1. The second kappa shape index (κ2) is 7.38. The Labute approximate surface area is 163 Å². The van der Waals surface area contributed by atoms with Gasteiger partial charge in [0.2, 0.25) is 0 Å². The Bertz CT molecular complexity index is 1130. The van der Waals surface area contributed by atoms with Crippen LogP contribution in [0.25, 0.3) is 22.3 Å². The van der Waals surface area contributed by atoms with Crippen LogP contribution >= 0.6 is 12.2 Å². The number of alkyl halides is 3. The zero-order valence-electron chi connectivity index (χ0n) is 15.4. The molecule has 0 saturated carbocycles. The first-order chi connectivity index (χ1) is 13.2. The van der Waals surface area contributed by atoms with Crippen LogP contribution in [0.15, 0.2) is 35.1 Å². The molecule has 0 spiro atoms. The van der Waals surface area contributed by atoms with Gasteiger partial charge >= 0.3 is 6.18 Å². The predicted octanol–water partition coefficient (Wildman–Crippen LogP) is 5.12. The number of fused-ring (bicyclic) bond motifs is 1. The highest BCUT2D eigenvalue weighted by molar-refractivity contribution is 7.71. The first-order valence-corrected chi connectivity index (χ1v) is 8.99. The smallest absolute Gasteiger partial charge is 0.417 e. The molecule has 3 aromatic rings. The first-order valence-electron chi connectivity index (χ1n) is 8.58. The van der Waals surface area contributed by atoms with Crippen molar-refractivity contribution in [3.63, 3.8) is 0 Å². The monoisotopic (exact) mass is 409 g/mol. The maximum absolute atomic E-state index is 13.8. The van der Waals surface area contributed by atoms with Gasteiger partial charge in [0.25, 0.3) is 5.56 Å². The fourth-order valence-electron chi connectivity index (χ4n) is 2.97. The molecule has 0 aliphatic rings. The molecule has 0 aliphatic heterocycles. The van der Waals surface area contributed by atoms with Gasteiger partial charge in [0.15, 0.2) is 4.77 Å². The average Bonchev–Trinajstić information content (AvgIpc) is 2.66. The summed E-state index contributed by atoms with van der Waals surface area (Å²) in [6, 6.07) is 7.14. The summed E-state index contributed by atoms with van der Waals surface area (Å²) >= 11 is 5.21. The van der Waals surface area contributed by atoms with Crippen LogP contribution in [0.1, 0.15) is 31.9 Å². The summed E-state index contributed by atoms with van der Waals surface area (Å²) in [5, 5.41) is -0.515. The van der Waals surface area contributed by atoms with Gasteiger partial charge < -0.3 is 4.74 Å². The highest BCUT2D eigenvalue weighted by Gasteiger charge is 2.35. The van der Waals surface area contributed by atoms with Crippen molar-refractivity contribution in [2.24, 2.45) is 0 Å². The van der Waals surface area contributed by atoms with Gasteiger partial charge in [0.1, 0.15) is 11.4 Å². The number of aromatic amines is 1. The fourth-order valence-corrected chi connectivity index (χ4v) is 3.33. The van der Waals surface area contributed by atoms with Crippen molar-refractivity contribution in [1.29, 1.82) is 0 Å². The van der Waals surface area contributed by atoms with E-state index in [0.717, 1.165) is 6.07 Å². The molecule has 148 valence electrons. The zero-order valence-corrected chi connectivity index (χ0v) is 16.2. The number of halogens is 3. The summed E-state index contributed by atoms with van der Waals surface area (Å²) in [5.41, 5.74) is -1.46. The number of rotatable bonds is 4. The topological polar surface area (TPSA) is 59.9 Å². The van der Waals surface area contributed by atoms with Crippen LogP contribution in [0.3, 0.4) is 0 Å². The lowest BCUT2D eigenvalue weighted by molar-refractivity contribution is -0.136. The number of H-pyrrole nitrogens is 1. The normalized spacial score (nSPS) is 12.9. The van der Waals surface area contributed by atoms with Crippen LogP contribution < -0.4 is 10.3 Å². The largest absolute Gasteiger partial charge is 0.497 e. The predicted molar refractivity (Wildman–Crippen MR) is 103 cm³/mol. The van der Waals surface area contributed by atoms with Crippen molar-refractivity contribution in [3.05, 3.63) is 51.0 Å². The van der Waals surface area contributed by atoms with Gasteiger partial charge in [0.05, 0.1) is 23.8 Å².